The van der Waals surface area contributed by atoms with Gasteiger partial charge in [-0.05, 0) is 73.1 Å². The van der Waals surface area contributed by atoms with Gasteiger partial charge in [0.2, 0.25) is 0 Å². The molecule has 3 aromatic carbocycles. The molecule has 10 heteroatoms. The number of benzene rings is 3. The normalized spacial score (nSPS) is 26.9. The Labute approximate surface area is 242 Å². The lowest BCUT2D eigenvalue weighted by molar-refractivity contribution is -0.116. The minimum atomic E-state index is -1.87. The topological polar surface area (TPSA) is 106 Å². The number of amides is 2. The van der Waals surface area contributed by atoms with Crippen molar-refractivity contribution >= 4 is 17.6 Å². The van der Waals surface area contributed by atoms with E-state index in [0.29, 0.717) is 45.9 Å². The molecule has 2 aliphatic heterocycles. The molecule has 0 bridgehead atoms. The minimum Gasteiger partial charge on any atom is -0.478 e. The summed E-state index contributed by atoms with van der Waals surface area (Å²) in [5.41, 5.74) is -1.01. The number of nitrogens with one attached hydrogen (secondary N) is 1. The molecule has 0 unspecified atom stereocenters. The van der Waals surface area contributed by atoms with E-state index in [4.69, 9.17) is 16.3 Å². The van der Waals surface area contributed by atoms with Crippen LogP contribution in [0.3, 0.4) is 0 Å². The van der Waals surface area contributed by atoms with Crippen LogP contribution in [0.15, 0.2) is 60.7 Å². The number of likely N-dealkylation sites (N-methyl/N-ethyl adjacent to an activating group) is 1. The molecule has 2 amide bonds. The van der Waals surface area contributed by atoms with Crippen LogP contribution in [-0.4, -0.2) is 70.4 Å². The molecule has 0 spiro atoms. The Hall–Kier alpha value is -3.21. The van der Waals surface area contributed by atoms with E-state index in [2.05, 4.69) is 10.2 Å². The van der Waals surface area contributed by atoms with Crippen molar-refractivity contribution in [1.82, 2.24) is 15.1 Å². The maximum absolute atomic E-state index is 14.6. The summed E-state index contributed by atoms with van der Waals surface area (Å²) in [4.78, 5) is 17.3. The van der Waals surface area contributed by atoms with Gasteiger partial charge in [-0.15, -0.1) is 0 Å². The predicted molar refractivity (Wildman–Crippen MR) is 151 cm³/mol. The quantitative estimate of drug-likeness (QED) is 0.355. The lowest BCUT2D eigenvalue weighted by atomic mass is 9.70. The molecule has 1 aliphatic carbocycles. The fraction of sp³-hybridized carbons (Fsp3) is 0.387. The van der Waals surface area contributed by atoms with Crippen LogP contribution >= 0.6 is 11.6 Å². The Morgan fingerprint density at radius 3 is 2.49 bits per heavy atom. The monoisotopic (exact) mass is 581 g/mol. The third kappa shape index (κ3) is 4.21. The van der Waals surface area contributed by atoms with Gasteiger partial charge in [0.15, 0.2) is 11.2 Å². The highest BCUT2D eigenvalue weighted by atomic mass is 35.5. The van der Waals surface area contributed by atoms with Crippen LogP contribution in [0.25, 0.3) is 0 Å². The van der Waals surface area contributed by atoms with Crippen LogP contribution in [0.1, 0.15) is 40.2 Å². The average Bonchev–Trinajstić information content (AvgIpc) is 3.32. The maximum Gasteiger partial charge on any atom is 0.317 e. The number of hydrogen-bond donors (Lipinski definition) is 4. The van der Waals surface area contributed by atoms with E-state index in [1.54, 1.807) is 53.4 Å². The van der Waals surface area contributed by atoms with Gasteiger partial charge in [0.1, 0.15) is 11.6 Å². The number of likely N-dealkylation sites (tertiary alicyclic amines) is 1. The third-order valence-electron chi connectivity index (χ3n) is 8.98. The molecular weight excluding hydrogens is 549 g/mol. The second kappa shape index (κ2) is 10.3. The van der Waals surface area contributed by atoms with Gasteiger partial charge >= 0.3 is 6.03 Å². The molecule has 8 nitrogen and oxygen atoms in total. The number of rotatable bonds is 6. The highest BCUT2D eigenvalue weighted by molar-refractivity contribution is 6.30. The fourth-order valence-corrected chi connectivity index (χ4v) is 6.99. The average molecular weight is 582 g/mol. The lowest BCUT2D eigenvalue weighted by Crippen LogP contribution is -2.64. The van der Waals surface area contributed by atoms with Gasteiger partial charge in [-0.3, -0.25) is 0 Å². The number of nitrogens with zero attached hydrogens (tertiary/aromatic N) is 2. The van der Waals surface area contributed by atoms with E-state index in [-0.39, 0.29) is 30.9 Å². The summed E-state index contributed by atoms with van der Waals surface area (Å²) >= 11 is 6.25. The molecule has 4 N–H and O–H groups in total. The number of aliphatic hydroxyl groups is 3. The molecular formula is C31H33ClFN3O5. The van der Waals surface area contributed by atoms with Gasteiger partial charge in [-0.1, -0.05) is 41.9 Å². The van der Waals surface area contributed by atoms with Crippen LogP contribution in [-0.2, 0) is 24.4 Å². The van der Waals surface area contributed by atoms with E-state index >= 15 is 0 Å². The number of ether oxygens (including phenoxy) is 1. The van der Waals surface area contributed by atoms with E-state index < -0.39 is 35.6 Å². The summed E-state index contributed by atoms with van der Waals surface area (Å²) in [7, 11) is 3.93. The summed E-state index contributed by atoms with van der Waals surface area (Å²) in [6.07, 6.45) is 0.228. The Bertz CT molecular complexity index is 1480. The van der Waals surface area contributed by atoms with Gasteiger partial charge in [0, 0.05) is 35.6 Å². The maximum atomic E-state index is 14.6. The van der Waals surface area contributed by atoms with E-state index in [0.717, 1.165) is 0 Å². The second-order valence-corrected chi connectivity index (χ2v) is 11.9. The third-order valence-corrected chi connectivity index (χ3v) is 9.23. The van der Waals surface area contributed by atoms with Crippen molar-refractivity contribution in [2.24, 2.45) is 0 Å². The highest BCUT2D eigenvalue weighted by Crippen LogP contribution is 2.67. The molecule has 2 fully saturated rings. The number of carbonyl (C=O) groups excluding carboxylic acids is 1. The molecule has 2 heterocycles. The summed E-state index contributed by atoms with van der Waals surface area (Å²) in [5, 5.41) is 37.0. The smallest absolute Gasteiger partial charge is 0.317 e. The van der Waals surface area contributed by atoms with Crippen molar-refractivity contribution in [2.75, 3.05) is 27.2 Å². The van der Waals surface area contributed by atoms with Crippen LogP contribution in [0.2, 0.25) is 5.02 Å². The first kappa shape index (κ1) is 27.9. The van der Waals surface area contributed by atoms with Crippen molar-refractivity contribution in [3.8, 4) is 5.75 Å². The number of aliphatic hydroxyl groups excluding tert-OH is 2. The van der Waals surface area contributed by atoms with Gasteiger partial charge in [0.25, 0.3) is 0 Å². The Morgan fingerprint density at radius 2 is 1.85 bits per heavy atom. The number of carbonyl (C=O) groups is 1. The number of hydrogen-bond acceptors (Lipinski definition) is 6. The van der Waals surface area contributed by atoms with Crippen molar-refractivity contribution < 1.29 is 29.2 Å². The Balaban J connectivity index is 1.54. The molecule has 4 atom stereocenters. The molecule has 1 saturated heterocycles. The SMILES string of the molecule is CN(C)C1CN(C(=O)N[C@H]2C[C@@H](c3cccc(F)c3)[C@]3(c4ccc(Cl)cc4)Oc4cc(CO)cc(CO)c4[C@]23O)C1. The zero-order chi connectivity index (χ0) is 29.1. The molecule has 1 saturated carbocycles. The minimum absolute atomic E-state index is 0.228. The molecule has 0 aromatic heterocycles. The zero-order valence-electron chi connectivity index (χ0n) is 22.8. The van der Waals surface area contributed by atoms with Gasteiger partial charge in [-0.25, -0.2) is 9.18 Å². The van der Waals surface area contributed by atoms with Crippen molar-refractivity contribution in [3.63, 3.8) is 0 Å². The van der Waals surface area contributed by atoms with Crippen LogP contribution in [0, 0.1) is 5.82 Å². The van der Waals surface area contributed by atoms with Gasteiger partial charge in [0.05, 0.1) is 19.3 Å². The van der Waals surface area contributed by atoms with Crippen molar-refractivity contribution in [3.05, 3.63) is 99.3 Å². The Kier molecular flexibility index (Phi) is 6.99. The largest absolute Gasteiger partial charge is 0.478 e. The van der Waals surface area contributed by atoms with Gasteiger partial charge < -0.3 is 35.2 Å². The fourth-order valence-electron chi connectivity index (χ4n) is 6.87. The van der Waals surface area contributed by atoms with Crippen LogP contribution in [0.5, 0.6) is 5.75 Å². The first-order valence-electron chi connectivity index (χ1n) is 13.6. The molecule has 3 aliphatic rings. The van der Waals surface area contributed by atoms with Crippen molar-refractivity contribution in [1.29, 1.82) is 0 Å². The summed E-state index contributed by atoms with van der Waals surface area (Å²) < 4.78 is 21.4. The molecule has 6 rings (SSSR count). The number of urea groups is 1. The highest BCUT2D eigenvalue weighted by Gasteiger charge is 2.73. The second-order valence-electron chi connectivity index (χ2n) is 11.4. The van der Waals surface area contributed by atoms with Crippen LogP contribution in [0.4, 0.5) is 9.18 Å². The predicted octanol–water partition coefficient (Wildman–Crippen LogP) is 3.45. The zero-order valence-corrected chi connectivity index (χ0v) is 23.6. The lowest BCUT2D eigenvalue weighted by Gasteiger charge is -2.44. The molecule has 0 radical (unpaired) electrons. The van der Waals surface area contributed by atoms with Gasteiger partial charge in [-0.2, -0.15) is 0 Å². The van der Waals surface area contributed by atoms with E-state index in [1.165, 1.54) is 12.1 Å². The van der Waals surface area contributed by atoms with E-state index in [9.17, 15) is 24.5 Å². The first-order valence-corrected chi connectivity index (χ1v) is 14.0. The molecule has 216 valence electrons. The molecule has 41 heavy (non-hydrogen) atoms. The molecule has 3 aromatic rings. The summed E-state index contributed by atoms with van der Waals surface area (Å²) in [6.45, 7) is 0.370. The van der Waals surface area contributed by atoms with E-state index in [1.807, 2.05) is 14.1 Å². The van der Waals surface area contributed by atoms with Crippen LogP contribution < -0.4 is 10.1 Å². The summed E-state index contributed by atoms with van der Waals surface area (Å²) in [6, 6.07) is 15.4. The van der Waals surface area contributed by atoms with Crippen molar-refractivity contribution in [2.45, 2.75) is 48.8 Å². The standard InChI is InChI=1S/C31H33ClFN3O5/c1-35(2)24-14-36(15-24)29(39)34-27-13-25(19-4-3-5-23(33)12-19)31(21-6-8-22(32)9-7-21)30(27,40)28-20(17-38)10-18(16-37)11-26(28)41-31/h3-12,24-25,27,37-38,40H,13-17H2,1-2H3,(H,34,39)/t25-,27-,30+,31-/m0/s1. The first-order chi connectivity index (χ1) is 19.6. The number of fused-ring (bicyclic) bond motifs is 3. The number of halogens is 2. The summed E-state index contributed by atoms with van der Waals surface area (Å²) in [5.74, 6) is -0.763. The Morgan fingerprint density at radius 1 is 1.12 bits per heavy atom.